The number of hydrogen-bond acceptors (Lipinski definition) is 30. The van der Waals surface area contributed by atoms with Crippen molar-refractivity contribution in [3.63, 3.8) is 0 Å². The van der Waals surface area contributed by atoms with Crippen LogP contribution in [0.2, 0.25) is 0 Å². The van der Waals surface area contributed by atoms with Crippen LogP contribution >= 0.6 is 0 Å². The van der Waals surface area contributed by atoms with Gasteiger partial charge in [-0.05, 0) is 45.4 Å². The molecule has 5 aliphatic heterocycles. The molecule has 28 atom stereocenters. The molecule has 0 bridgehead atoms. The number of aliphatic carboxylic acids is 1. The van der Waals surface area contributed by atoms with E-state index in [4.69, 9.17) is 47.4 Å². The highest BCUT2D eigenvalue weighted by molar-refractivity contribution is 5.77. The maximum Gasteiger partial charge on any atom is 0.364 e. The zero-order chi connectivity index (χ0) is 83.0. The van der Waals surface area contributed by atoms with E-state index >= 15 is 0 Å². The number of carbonyl (C=O) groups is 4. The molecule has 0 radical (unpaired) electrons. The first-order valence-electron chi connectivity index (χ1n) is 42.3. The maximum atomic E-state index is 13.9. The number of nitrogens with one attached hydrogen (secondary N) is 2. The van der Waals surface area contributed by atoms with Gasteiger partial charge in [0.25, 0.3) is 5.79 Å². The van der Waals surface area contributed by atoms with Gasteiger partial charge in [0.2, 0.25) is 11.8 Å². The number of carbonyl (C=O) groups excluding carboxylic acids is 3. The summed E-state index contributed by atoms with van der Waals surface area (Å²) in [5.74, 6) is -9.03. The Labute approximate surface area is 666 Å². The van der Waals surface area contributed by atoms with Crippen molar-refractivity contribution in [2.75, 3.05) is 39.6 Å². The number of hydrogen-bond donors (Lipinski definition) is 19. The summed E-state index contributed by atoms with van der Waals surface area (Å²) in [4.78, 5) is 53.3. The summed E-state index contributed by atoms with van der Waals surface area (Å²) >= 11 is 0. The van der Waals surface area contributed by atoms with Crippen LogP contribution in [0.5, 0.6) is 0 Å². The van der Waals surface area contributed by atoms with Crippen molar-refractivity contribution in [2.24, 2.45) is 5.92 Å². The molecule has 5 rings (SSSR count). The van der Waals surface area contributed by atoms with E-state index in [2.05, 4.69) is 36.6 Å². The summed E-state index contributed by atoms with van der Waals surface area (Å²) in [7, 11) is 0. The Morgan fingerprint density at radius 2 is 0.920 bits per heavy atom. The number of unbranched alkanes of at least 4 members (excludes halogenated alkanes) is 29. The largest absolute Gasteiger partial charge is 0.477 e. The molecule has 5 aliphatic rings. The lowest BCUT2D eigenvalue weighted by Crippen LogP contribution is -2.71. The summed E-state index contributed by atoms with van der Waals surface area (Å²) in [6.07, 6.45) is -8.87. The van der Waals surface area contributed by atoms with Crippen LogP contribution in [0.15, 0.2) is 12.2 Å². The number of carboxylic acids is 1. The Balaban J connectivity index is 1.33. The number of rotatable bonds is 59. The highest BCUT2D eigenvalue weighted by Crippen LogP contribution is 2.43. The number of allylic oxidation sites excluding steroid dienone is 2. The summed E-state index contributed by atoms with van der Waals surface area (Å²) in [5.41, 5.74) is 0. The minimum Gasteiger partial charge on any atom is -0.477 e. The molecule has 660 valence electrons. The summed E-state index contributed by atoms with van der Waals surface area (Å²) in [5, 5.41) is 195. The average Bonchev–Trinajstić information content (AvgIpc) is 0.767. The van der Waals surface area contributed by atoms with Gasteiger partial charge in [0.05, 0.1) is 70.0 Å². The van der Waals surface area contributed by atoms with E-state index in [0.717, 1.165) is 84.5 Å². The van der Waals surface area contributed by atoms with Gasteiger partial charge in [-0.25, -0.2) is 4.79 Å². The van der Waals surface area contributed by atoms with Gasteiger partial charge in [0.15, 0.2) is 25.2 Å². The Hall–Kier alpha value is -3.22. The first-order chi connectivity index (χ1) is 54.3. The third-order valence-corrected chi connectivity index (χ3v) is 22.4. The summed E-state index contributed by atoms with van der Waals surface area (Å²) in [6.45, 7) is 0.617. The molecule has 2 amide bonds. The second kappa shape index (κ2) is 54.9. The normalized spacial score (nSPS) is 33.4. The number of Topliss-reactive ketones (excluding diaryl/α,β-unsaturated/α-hetero) is 1. The van der Waals surface area contributed by atoms with E-state index in [1.165, 1.54) is 122 Å². The fraction of sp³-hybridized carbons (Fsp3) is 0.925. The lowest BCUT2D eigenvalue weighted by atomic mass is 9.86. The number of amides is 2. The predicted octanol–water partition coefficient (Wildman–Crippen LogP) is 2.39. The topological polar surface area (TPSA) is 529 Å². The standard InChI is InChI=1S/C80H144N2O31/c1-5-7-9-11-13-15-17-19-20-21-22-23-24-25-26-28-30-32-34-36-38-40-60(93)82-52(53(90)39-37-35-33-31-29-27-18-16-14-12-10-8-6-2)48-104-76-68(100)66(98)71(58(46-86)107-76)110-78-69(101)74(113-80(79(102)103)42-54(91)61(81-50(4)89)73(112-80)62(94)55(92)43-83)72(59(47-87)108-78)111-75-51(41-49(3)88)70(64(96)57(45-85)105-75)109-77-67(99)65(97)63(95)56(44-84)106-77/h19-20,51-59,61-78,83-87,90-92,94-101H,5-18,21-48H2,1-4H3,(H,81,89)(H,82,93)(H,102,103). The molecule has 0 aromatic carbocycles. The minimum atomic E-state index is -3.36. The van der Waals surface area contributed by atoms with E-state index in [1.807, 2.05) is 0 Å². The number of carboxylic acid groups (broad SMARTS) is 1. The molecule has 113 heavy (non-hydrogen) atoms. The van der Waals surface area contributed by atoms with Crippen molar-refractivity contribution in [1.29, 1.82) is 0 Å². The smallest absolute Gasteiger partial charge is 0.364 e. The van der Waals surface area contributed by atoms with Gasteiger partial charge in [-0.1, -0.05) is 199 Å². The van der Waals surface area contributed by atoms with E-state index in [-0.39, 0.29) is 18.7 Å². The number of ether oxygens (including phenoxy) is 10. The molecular formula is C80H144N2O31. The van der Waals surface area contributed by atoms with E-state index in [9.17, 15) is 106 Å². The van der Waals surface area contributed by atoms with Crippen LogP contribution in [0.4, 0.5) is 0 Å². The number of ketones is 1. The van der Waals surface area contributed by atoms with Gasteiger partial charge in [0.1, 0.15) is 110 Å². The van der Waals surface area contributed by atoms with Gasteiger partial charge < -0.3 is 150 Å². The van der Waals surface area contributed by atoms with Gasteiger partial charge in [-0.2, -0.15) is 0 Å². The van der Waals surface area contributed by atoms with Crippen molar-refractivity contribution < 1.29 is 153 Å². The third kappa shape index (κ3) is 32.7. The first-order valence-corrected chi connectivity index (χ1v) is 42.3. The zero-order valence-corrected chi connectivity index (χ0v) is 67.3. The van der Waals surface area contributed by atoms with Crippen molar-refractivity contribution in [3.05, 3.63) is 12.2 Å². The SMILES string of the molecule is CCCCCCCCC=CCCCCCCCCCCCCCC(=O)NC(COC1OC(CO)C(OC2OC(CO)C(OC3OC(CO)C(O)C(OC4OC(CO)C(O)C(O)C4O)C3CC(C)=O)C(OC3(C(=O)O)CC(O)C(NC(C)=O)C(C(O)C(O)CO)O3)C2O)C(O)C1O)C(O)CCCCCCCCCCCCCCC. The Bertz CT molecular complexity index is 2600. The second-order valence-electron chi connectivity index (χ2n) is 31.7. The Morgan fingerprint density at radius 3 is 1.42 bits per heavy atom. The Kier molecular flexibility index (Phi) is 48.7. The monoisotopic (exact) mass is 1630 g/mol. The molecular weight excluding hydrogens is 1480 g/mol. The van der Waals surface area contributed by atoms with Crippen molar-refractivity contribution >= 4 is 23.6 Å². The third-order valence-electron chi connectivity index (χ3n) is 22.4. The van der Waals surface area contributed by atoms with Gasteiger partial charge in [-0.3, -0.25) is 9.59 Å². The van der Waals surface area contributed by atoms with E-state index in [1.54, 1.807) is 0 Å². The molecule has 33 heteroatoms. The highest BCUT2D eigenvalue weighted by atomic mass is 16.8. The average molecular weight is 1630 g/mol. The van der Waals surface area contributed by atoms with Crippen molar-refractivity contribution in [1.82, 2.24) is 10.6 Å². The molecule has 0 spiro atoms. The van der Waals surface area contributed by atoms with Crippen molar-refractivity contribution in [2.45, 2.75) is 424 Å². The van der Waals surface area contributed by atoms with Crippen LogP contribution in [0.3, 0.4) is 0 Å². The molecule has 5 saturated heterocycles. The minimum absolute atomic E-state index is 0.158. The number of aliphatic hydroxyl groups excluding tert-OH is 16. The highest BCUT2D eigenvalue weighted by Gasteiger charge is 2.62. The van der Waals surface area contributed by atoms with Gasteiger partial charge >= 0.3 is 5.97 Å². The number of aliphatic hydroxyl groups is 16. The molecule has 0 aromatic rings. The van der Waals surface area contributed by atoms with Gasteiger partial charge in [-0.15, -0.1) is 0 Å². The molecule has 33 nitrogen and oxygen atoms in total. The maximum absolute atomic E-state index is 13.9. The van der Waals surface area contributed by atoms with E-state index < -0.39 is 241 Å². The van der Waals surface area contributed by atoms with Crippen LogP contribution < -0.4 is 10.6 Å². The lowest BCUT2D eigenvalue weighted by molar-refractivity contribution is -0.406. The molecule has 0 aliphatic carbocycles. The van der Waals surface area contributed by atoms with Gasteiger partial charge in [0, 0.05) is 32.1 Å². The molecule has 0 saturated carbocycles. The quantitative estimate of drug-likeness (QED) is 0.0307. The lowest BCUT2D eigenvalue weighted by Gasteiger charge is -2.52. The van der Waals surface area contributed by atoms with Crippen LogP contribution in [-0.2, 0) is 66.5 Å². The second-order valence-corrected chi connectivity index (χ2v) is 31.7. The summed E-state index contributed by atoms with van der Waals surface area (Å²) < 4.78 is 60.6. The van der Waals surface area contributed by atoms with Crippen LogP contribution in [0.25, 0.3) is 0 Å². The zero-order valence-electron chi connectivity index (χ0n) is 67.3. The van der Waals surface area contributed by atoms with Crippen molar-refractivity contribution in [3.8, 4) is 0 Å². The summed E-state index contributed by atoms with van der Waals surface area (Å²) in [6, 6.07) is -2.81. The Morgan fingerprint density at radius 1 is 0.478 bits per heavy atom. The fourth-order valence-electron chi connectivity index (χ4n) is 15.6. The predicted molar refractivity (Wildman–Crippen MR) is 407 cm³/mol. The molecule has 5 fully saturated rings. The molecule has 5 heterocycles. The molecule has 19 N–H and O–H groups in total. The van der Waals surface area contributed by atoms with E-state index in [0.29, 0.717) is 12.8 Å². The van der Waals surface area contributed by atoms with Crippen LogP contribution in [-0.4, -0.2) is 315 Å². The fourth-order valence-corrected chi connectivity index (χ4v) is 15.6. The first kappa shape index (κ1) is 100. The van der Waals surface area contributed by atoms with Crippen LogP contribution in [0.1, 0.15) is 259 Å². The van der Waals surface area contributed by atoms with Crippen LogP contribution in [0, 0.1) is 5.92 Å². The molecule has 28 unspecified atom stereocenters. The molecule has 0 aromatic heterocycles.